The van der Waals surface area contributed by atoms with Crippen molar-refractivity contribution < 1.29 is 22.4 Å². The monoisotopic (exact) mass is 411 g/mol. The Bertz CT molecular complexity index is 944. The Kier molecular flexibility index (Phi) is 5.62. The van der Waals surface area contributed by atoms with E-state index in [9.17, 15) is 13.2 Å². The highest BCUT2D eigenvalue weighted by Crippen LogP contribution is 2.56. The summed E-state index contributed by atoms with van der Waals surface area (Å²) in [6, 6.07) is 13.6. The van der Waals surface area contributed by atoms with E-state index < -0.39 is 6.36 Å². The molecular formula is C19H17ClF3N3O2. The molecular weight excluding hydrogens is 395 g/mol. The highest BCUT2D eigenvalue weighted by Gasteiger charge is 2.46. The van der Waals surface area contributed by atoms with Crippen LogP contribution in [0.15, 0.2) is 53.1 Å². The van der Waals surface area contributed by atoms with Gasteiger partial charge in [0.15, 0.2) is 0 Å². The van der Waals surface area contributed by atoms with Gasteiger partial charge in [0, 0.05) is 18.0 Å². The predicted octanol–water partition coefficient (Wildman–Crippen LogP) is 4.79. The predicted molar refractivity (Wildman–Crippen MR) is 98.1 cm³/mol. The zero-order valence-corrected chi connectivity index (χ0v) is 15.3. The zero-order valence-electron chi connectivity index (χ0n) is 14.5. The highest BCUT2D eigenvalue weighted by atomic mass is 35.5. The SMILES string of the molecule is Cl.NCc1ccc(-c2noc(C3CC3c3ccccc3OC(F)(F)F)n2)cc1. The summed E-state index contributed by atoms with van der Waals surface area (Å²) in [5.74, 6) is 0.414. The number of alkyl halides is 3. The third-order valence-corrected chi connectivity index (χ3v) is 4.54. The molecule has 1 aliphatic rings. The Morgan fingerprint density at radius 3 is 2.46 bits per heavy atom. The van der Waals surface area contributed by atoms with Gasteiger partial charge in [-0.2, -0.15) is 4.98 Å². The number of aromatic nitrogens is 2. The van der Waals surface area contributed by atoms with Crippen LogP contribution in [0.25, 0.3) is 11.4 Å². The molecule has 0 radical (unpaired) electrons. The van der Waals surface area contributed by atoms with E-state index in [0.717, 1.165) is 11.1 Å². The topological polar surface area (TPSA) is 74.2 Å². The average Bonchev–Trinajstić information content (AvgIpc) is 3.28. The van der Waals surface area contributed by atoms with Crippen molar-refractivity contribution in [2.75, 3.05) is 0 Å². The summed E-state index contributed by atoms with van der Waals surface area (Å²) >= 11 is 0. The Morgan fingerprint density at radius 2 is 1.79 bits per heavy atom. The van der Waals surface area contributed by atoms with Crippen LogP contribution < -0.4 is 10.5 Å². The molecule has 1 aliphatic carbocycles. The Morgan fingerprint density at radius 1 is 1.07 bits per heavy atom. The maximum atomic E-state index is 12.6. The molecule has 0 spiro atoms. The lowest BCUT2D eigenvalue weighted by Gasteiger charge is -2.12. The summed E-state index contributed by atoms with van der Waals surface area (Å²) in [5, 5.41) is 3.98. The van der Waals surface area contributed by atoms with Gasteiger partial charge in [0.2, 0.25) is 11.7 Å². The van der Waals surface area contributed by atoms with Crippen LogP contribution in [0.2, 0.25) is 0 Å². The van der Waals surface area contributed by atoms with Gasteiger partial charge in [0.25, 0.3) is 0 Å². The van der Waals surface area contributed by atoms with Crippen molar-refractivity contribution in [2.24, 2.45) is 5.73 Å². The minimum atomic E-state index is -4.73. The Hall–Kier alpha value is -2.58. The molecule has 1 saturated carbocycles. The fraction of sp³-hybridized carbons (Fsp3) is 0.263. The molecule has 1 aromatic heterocycles. The molecule has 9 heteroatoms. The first-order chi connectivity index (χ1) is 12.9. The standard InChI is InChI=1S/C19H16F3N3O2.ClH/c20-19(21,22)26-16-4-2-1-3-13(16)14-9-15(14)18-24-17(25-27-18)12-7-5-11(10-23)6-8-12;/h1-8,14-15H,9-10,23H2;1H. The van der Waals surface area contributed by atoms with E-state index in [0.29, 0.717) is 30.2 Å². The van der Waals surface area contributed by atoms with Crippen molar-refractivity contribution in [1.82, 2.24) is 10.1 Å². The second-order valence-electron chi connectivity index (χ2n) is 6.39. The van der Waals surface area contributed by atoms with Crippen LogP contribution >= 0.6 is 12.4 Å². The van der Waals surface area contributed by atoms with Gasteiger partial charge in [-0.3, -0.25) is 0 Å². The third kappa shape index (κ3) is 4.28. The van der Waals surface area contributed by atoms with Crippen molar-refractivity contribution in [3.05, 3.63) is 65.5 Å². The minimum Gasteiger partial charge on any atom is -0.405 e. The van der Waals surface area contributed by atoms with Gasteiger partial charge in [-0.1, -0.05) is 47.6 Å². The van der Waals surface area contributed by atoms with Crippen molar-refractivity contribution in [3.8, 4) is 17.1 Å². The van der Waals surface area contributed by atoms with E-state index in [-0.39, 0.29) is 30.0 Å². The molecule has 148 valence electrons. The molecule has 5 nitrogen and oxygen atoms in total. The maximum absolute atomic E-state index is 12.6. The molecule has 0 aliphatic heterocycles. The van der Waals surface area contributed by atoms with E-state index in [2.05, 4.69) is 14.9 Å². The fourth-order valence-electron chi connectivity index (χ4n) is 3.11. The molecule has 1 fully saturated rings. The summed E-state index contributed by atoms with van der Waals surface area (Å²) in [6.07, 6.45) is -4.10. The van der Waals surface area contributed by atoms with E-state index in [1.54, 1.807) is 12.1 Å². The van der Waals surface area contributed by atoms with E-state index >= 15 is 0 Å². The van der Waals surface area contributed by atoms with E-state index in [1.165, 1.54) is 12.1 Å². The van der Waals surface area contributed by atoms with Gasteiger partial charge in [-0.15, -0.1) is 25.6 Å². The first-order valence-corrected chi connectivity index (χ1v) is 8.42. The number of halogens is 4. The van der Waals surface area contributed by atoms with Gasteiger partial charge in [-0.25, -0.2) is 0 Å². The van der Waals surface area contributed by atoms with Crippen LogP contribution in [0, 0.1) is 0 Å². The third-order valence-electron chi connectivity index (χ3n) is 4.54. The number of benzene rings is 2. The number of para-hydroxylation sites is 1. The average molecular weight is 412 g/mol. The lowest BCUT2D eigenvalue weighted by atomic mass is 10.1. The number of rotatable bonds is 5. The summed E-state index contributed by atoms with van der Waals surface area (Å²) in [5.41, 5.74) is 7.86. The second kappa shape index (κ2) is 7.81. The normalized spacial score (nSPS) is 18.4. The van der Waals surface area contributed by atoms with Crippen molar-refractivity contribution in [3.63, 3.8) is 0 Å². The summed E-state index contributed by atoms with van der Waals surface area (Å²) in [4.78, 5) is 4.41. The second-order valence-corrected chi connectivity index (χ2v) is 6.39. The zero-order chi connectivity index (χ0) is 19.0. The number of ether oxygens (including phenoxy) is 1. The van der Waals surface area contributed by atoms with E-state index in [4.69, 9.17) is 10.3 Å². The van der Waals surface area contributed by atoms with Gasteiger partial charge in [0.1, 0.15) is 5.75 Å². The number of hydrogen-bond donors (Lipinski definition) is 1. The van der Waals surface area contributed by atoms with Gasteiger partial charge in [0.05, 0.1) is 0 Å². The van der Waals surface area contributed by atoms with Crippen LogP contribution in [0.1, 0.15) is 35.3 Å². The summed E-state index contributed by atoms with van der Waals surface area (Å²) in [6.45, 7) is 0.445. The quantitative estimate of drug-likeness (QED) is 0.653. The van der Waals surface area contributed by atoms with Crippen molar-refractivity contribution in [1.29, 1.82) is 0 Å². The number of hydrogen-bond acceptors (Lipinski definition) is 5. The van der Waals surface area contributed by atoms with Crippen molar-refractivity contribution in [2.45, 2.75) is 31.2 Å². The first kappa shape index (κ1) is 20.2. The molecule has 0 saturated heterocycles. The Labute approximate surface area is 165 Å². The number of nitrogens with two attached hydrogens (primary N) is 1. The van der Waals surface area contributed by atoms with Gasteiger partial charge in [-0.05, 0) is 29.5 Å². The van der Waals surface area contributed by atoms with E-state index in [1.807, 2.05) is 24.3 Å². The minimum absolute atomic E-state index is 0. The lowest BCUT2D eigenvalue weighted by Crippen LogP contribution is -2.18. The molecule has 1 heterocycles. The van der Waals surface area contributed by atoms with Crippen LogP contribution in [0.5, 0.6) is 5.75 Å². The van der Waals surface area contributed by atoms with Crippen LogP contribution in [0.4, 0.5) is 13.2 Å². The highest BCUT2D eigenvalue weighted by molar-refractivity contribution is 5.85. The van der Waals surface area contributed by atoms with Crippen LogP contribution in [-0.2, 0) is 6.54 Å². The summed E-state index contributed by atoms with van der Waals surface area (Å²) < 4.78 is 47.3. The molecule has 28 heavy (non-hydrogen) atoms. The largest absolute Gasteiger partial charge is 0.573 e. The molecule has 2 atom stereocenters. The molecule has 0 bridgehead atoms. The summed E-state index contributed by atoms with van der Waals surface area (Å²) in [7, 11) is 0. The van der Waals surface area contributed by atoms with Crippen LogP contribution in [-0.4, -0.2) is 16.5 Å². The molecule has 4 rings (SSSR count). The maximum Gasteiger partial charge on any atom is 0.573 e. The molecule has 3 aromatic rings. The van der Waals surface area contributed by atoms with Crippen LogP contribution in [0.3, 0.4) is 0 Å². The van der Waals surface area contributed by atoms with Crippen molar-refractivity contribution >= 4 is 12.4 Å². The smallest absolute Gasteiger partial charge is 0.405 e. The fourth-order valence-corrected chi connectivity index (χ4v) is 3.11. The molecule has 2 aromatic carbocycles. The van der Waals surface area contributed by atoms with Gasteiger partial charge < -0.3 is 15.0 Å². The first-order valence-electron chi connectivity index (χ1n) is 8.42. The number of nitrogens with zero attached hydrogens (tertiary/aromatic N) is 2. The molecule has 2 N–H and O–H groups in total. The van der Waals surface area contributed by atoms with Gasteiger partial charge >= 0.3 is 6.36 Å². The lowest BCUT2D eigenvalue weighted by molar-refractivity contribution is -0.274. The molecule has 0 amide bonds. The Balaban J connectivity index is 0.00000225. The molecule has 2 unspecified atom stereocenters.